The highest BCUT2D eigenvalue weighted by molar-refractivity contribution is 7.89. The van der Waals surface area contributed by atoms with E-state index in [1.807, 2.05) is 13.8 Å². The zero-order valence-corrected chi connectivity index (χ0v) is 17.7. The van der Waals surface area contributed by atoms with Gasteiger partial charge in [-0.1, -0.05) is 13.8 Å². The molecule has 1 N–H and O–H groups in total. The molecule has 0 aliphatic carbocycles. The van der Waals surface area contributed by atoms with Crippen LogP contribution in [0.1, 0.15) is 20.3 Å². The smallest absolute Gasteiger partial charge is 0.408 e. The number of benzene rings is 1. The molecule has 0 radical (unpaired) electrons. The number of hydrogen-bond acceptors (Lipinski definition) is 6. The summed E-state index contributed by atoms with van der Waals surface area (Å²) >= 11 is 0. The van der Waals surface area contributed by atoms with Crippen LogP contribution in [0.2, 0.25) is 0 Å². The summed E-state index contributed by atoms with van der Waals surface area (Å²) in [5.41, 5.74) is 0.509. The number of rotatable bonds is 7. The van der Waals surface area contributed by atoms with E-state index < -0.39 is 15.8 Å². The Bertz CT molecular complexity index is 1030. The number of sulfonamides is 1. The Labute approximate surface area is 169 Å². The number of aromatic nitrogens is 1. The summed E-state index contributed by atoms with van der Waals surface area (Å²) in [6.45, 7) is 5.49. The Morgan fingerprint density at radius 1 is 1.28 bits per heavy atom. The van der Waals surface area contributed by atoms with Crippen molar-refractivity contribution in [3.05, 3.63) is 28.7 Å². The van der Waals surface area contributed by atoms with E-state index in [1.54, 1.807) is 0 Å². The number of carbonyl (C=O) groups is 1. The molecule has 3 rings (SSSR count). The fraction of sp³-hybridized carbons (Fsp3) is 0.579. The van der Waals surface area contributed by atoms with Crippen molar-refractivity contribution in [2.45, 2.75) is 31.7 Å². The monoisotopic (exact) mass is 425 g/mol. The predicted molar refractivity (Wildman–Crippen MR) is 107 cm³/mol. The number of amides is 1. The van der Waals surface area contributed by atoms with E-state index >= 15 is 0 Å². The fourth-order valence-corrected chi connectivity index (χ4v) is 5.50. The number of oxazole rings is 1. The Kier molecular flexibility index (Phi) is 6.45. The van der Waals surface area contributed by atoms with E-state index in [-0.39, 0.29) is 34.8 Å². The normalized spacial score (nSPS) is 20.8. The molecule has 2 aromatic rings. The molecule has 2 heterocycles. The highest BCUT2D eigenvalue weighted by Crippen LogP contribution is 2.28. The average molecular weight is 426 g/mol. The van der Waals surface area contributed by atoms with Gasteiger partial charge in [-0.25, -0.2) is 13.2 Å². The molecule has 1 aliphatic rings. The second-order valence-electron chi connectivity index (χ2n) is 7.69. The SMILES string of the molecule is COCCNC(=O)Cn1c(=O)oc2cc(S(=O)(=O)N3C[C@@H](C)C[C@H](C)C3)ccc21. The summed E-state index contributed by atoms with van der Waals surface area (Å²) in [7, 11) is -2.17. The molecule has 160 valence electrons. The van der Waals surface area contributed by atoms with Gasteiger partial charge in [0.25, 0.3) is 0 Å². The summed E-state index contributed by atoms with van der Waals surface area (Å²) in [6, 6.07) is 4.32. The van der Waals surface area contributed by atoms with Crippen molar-refractivity contribution in [3.63, 3.8) is 0 Å². The van der Waals surface area contributed by atoms with Crippen LogP contribution >= 0.6 is 0 Å². The van der Waals surface area contributed by atoms with Crippen LogP contribution < -0.4 is 11.1 Å². The zero-order chi connectivity index (χ0) is 21.2. The van der Waals surface area contributed by atoms with Gasteiger partial charge in [0.2, 0.25) is 15.9 Å². The zero-order valence-electron chi connectivity index (χ0n) is 16.9. The third-order valence-corrected chi connectivity index (χ3v) is 6.87. The van der Waals surface area contributed by atoms with E-state index in [0.717, 1.165) is 6.42 Å². The van der Waals surface area contributed by atoms with Gasteiger partial charge in [0.05, 0.1) is 17.0 Å². The molecule has 9 nitrogen and oxygen atoms in total. The molecule has 0 saturated carbocycles. The topological polar surface area (TPSA) is 111 Å². The van der Waals surface area contributed by atoms with Crippen molar-refractivity contribution >= 4 is 27.0 Å². The van der Waals surface area contributed by atoms with Gasteiger partial charge in [-0.2, -0.15) is 4.31 Å². The van der Waals surface area contributed by atoms with Crippen LogP contribution in [0, 0.1) is 11.8 Å². The van der Waals surface area contributed by atoms with Crippen LogP contribution in [0.5, 0.6) is 0 Å². The van der Waals surface area contributed by atoms with Crippen LogP contribution in [0.15, 0.2) is 32.3 Å². The van der Waals surface area contributed by atoms with Crippen molar-refractivity contribution in [1.82, 2.24) is 14.2 Å². The maximum Gasteiger partial charge on any atom is 0.420 e. The highest BCUT2D eigenvalue weighted by Gasteiger charge is 2.32. The quantitative estimate of drug-likeness (QED) is 0.663. The second kappa shape index (κ2) is 8.68. The molecule has 0 unspecified atom stereocenters. The Hall–Kier alpha value is -2.17. The summed E-state index contributed by atoms with van der Waals surface area (Å²) in [5, 5.41) is 2.63. The predicted octanol–water partition coefficient (Wildman–Crippen LogP) is 1.02. The molecule has 10 heteroatoms. The number of ether oxygens (including phenoxy) is 1. The van der Waals surface area contributed by atoms with Crippen molar-refractivity contribution in [2.24, 2.45) is 11.8 Å². The molecule has 0 bridgehead atoms. The first-order chi connectivity index (χ1) is 13.7. The van der Waals surface area contributed by atoms with E-state index in [2.05, 4.69) is 5.32 Å². The lowest BCUT2D eigenvalue weighted by molar-refractivity contribution is -0.121. The van der Waals surface area contributed by atoms with Crippen molar-refractivity contribution in [2.75, 3.05) is 33.4 Å². The minimum Gasteiger partial charge on any atom is -0.408 e. The molecular formula is C19H27N3O6S. The van der Waals surface area contributed by atoms with Gasteiger partial charge in [0.15, 0.2) is 5.58 Å². The third-order valence-electron chi connectivity index (χ3n) is 5.04. The molecule has 1 aromatic heterocycles. The lowest BCUT2D eigenvalue weighted by Crippen LogP contribution is -2.42. The van der Waals surface area contributed by atoms with E-state index in [0.29, 0.717) is 31.8 Å². The average Bonchev–Trinajstić information content (AvgIpc) is 2.95. The number of nitrogens with one attached hydrogen (secondary N) is 1. The maximum absolute atomic E-state index is 13.1. The lowest BCUT2D eigenvalue weighted by Gasteiger charge is -2.34. The van der Waals surface area contributed by atoms with E-state index in [1.165, 1.54) is 34.2 Å². The Morgan fingerprint density at radius 2 is 1.97 bits per heavy atom. The van der Waals surface area contributed by atoms with Crippen molar-refractivity contribution in [3.8, 4) is 0 Å². The summed E-state index contributed by atoms with van der Waals surface area (Å²) < 4.78 is 38.9. The van der Waals surface area contributed by atoms with Gasteiger partial charge in [0.1, 0.15) is 6.54 Å². The van der Waals surface area contributed by atoms with Crippen LogP contribution in [-0.4, -0.2) is 56.5 Å². The minimum atomic E-state index is -3.69. The number of hydrogen-bond donors (Lipinski definition) is 1. The van der Waals surface area contributed by atoms with Crippen molar-refractivity contribution in [1.29, 1.82) is 0 Å². The largest absolute Gasteiger partial charge is 0.420 e. The minimum absolute atomic E-state index is 0.0803. The molecule has 1 aromatic carbocycles. The first-order valence-corrected chi connectivity index (χ1v) is 11.1. The summed E-state index contributed by atoms with van der Waals surface area (Å²) in [5.74, 6) is -0.503. The number of piperidine rings is 1. The van der Waals surface area contributed by atoms with Gasteiger partial charge in [-0.15, -0.1) is 0 Å². The third kappa shape index (κ3) is 4.71. The van der Waals surface area contributed by atoms with Crippen LogP contribution in [0.4, 0.5) is 0 Å². The molecule has 1 fully saturated rings. The first-order valence-electron chi connectivity index (χ1n) is 9.61. The van der Waals surface area contributed by atoms with E-state index in [4.69, 9.17) is 9.15 Å². The fourth-order valence-electron chi connectivity index (χ4n) is 3.80. The van der Waals surface area contributed by atoms with Gasteiger partial charge in [-0.3, -0.25) is 9.36 Å². The maximum atomic E-state index is 13.1. The van der Waals surface area contributed by atoms with Gasteiger partial charge in [-0.05, 0) is 30.4 Å². The van der Waals surface area contributed by atoms with Gasteiger partial charge >= 0.3 is 5.76 Å². The van der Waals surface area contributed by atoms with Crippen molar-refractivity contribution < 1.29 is 22.4 Å². The molecule has 0 spiro atoms. The number of methoxy groups -OCH3 is 1. The molecule has 1 amide bonds. The molecular weight excluding hydrogens is 398 g/mol. The number of fused-ring (bicyclic) bond motifs is 1. The van der Waals surface area contributed by atoms with Crippen LogP contribution in [0.25, 0.3) is 11.1 Å². The van der Waals surface area contributed by atoms with Crippen LogP contribution in [-0.2, 0) is 26.1 Å². The second-order valence-corrected chi connectivity index (χ2v) is 9.63. The standard InChI is InChI=1S/C19H27N3O6S/c1-13-8-14(2)11-21(10-13)29(25,26)15-4-5-16-17(9-15)28-19(24)22(16)12-18(23)20-6-7-27-3/h4-5,9,13-14H,6-8,10-12H2,1-3H3,(H,20,23)/t13-,14-/m0/s1. The number of nitrogens with zero attached hydrogens (tertiary/aromatic N) is 2. The Morgan fingerprint density at radius 3 is 2.62 bits per heavy atom. The number of carbonyl (C=O) groups excluding carboxylic acids is 1. The van der Waals surface area contributed by atoms with E-state index in [9.17, 15) is 18.0 Å². The molecule has 1 aliphatic heterocycles. The molecule has 1 saturated heterocycles. The molecule has 2 atom stereocenters. The van der Waals surface area contributed by atoms with Crippen LogP contribution in [0.3, 0.4) is 0 Å². The van der Waals surface area contributed by atoms with Gasteiger partial charge < -0.3 is 14.5 Å². The summed E-state index contributed by atoms with van der Waals surface area (Å²) in [6.07, 6.45) is 0.995. The lowest BCUT2D eigenvalue weighted by atomic mass is 9.94. The first kappa shape index (κ1) is 21.5. The summed E-state index contributed by atoms with van der Waals surface area (Å²) in [4.78, 5) is 24.3. The molecule has 29 heavy (non-hydrogen) atoms. The Balaban J connectivity index is 1.86. The highest BCUT2D eigenvalue weighted by atomic mass is 32.2. The van der Waals surface area contributed by atoms with Gasteiger partial charge in [0, 0.05) is 32.8 Å².